The van der Waals surface area contributed by atoms with Crippen LogP contribution in [0.1, 0.15) is 0 Å². The van der Waals surface area contributed by atoms with E-state index in [2.05, 4.69) is 36.6 Å². The maximum atomic E-state index is 12.3. The summed E-state index contributed by atoms with van der Waals surface area (Å²) < 4.78 is 28.1. The van der Waals surface area contributed by atoms with Crippen molar-refractivity contribution in [3.8, 4) is 0 Å². The first-order valence-electron chi connectivity index (χ1n) is 5.22. The average Bonchev–Trinajstić information content (AvgIpc) is 2.36. The Bertz CT molecular complexity index is 766. The maximum absolute atomic E-state index is 12.3. The monoisotopic (exact) mass is 457 g/mol. The summed E-state index contributed by atoms with van der Waals surface area (Å²) in [6.45, 7) is 0. The number of anilines is 1. The van der Waals surface area contributed by atoms with Gasteiger partial charge in [0, 0.05) is 14.0 Å². The first-order valence-corrected chi connectivity index (χ1v) is 9.05. The van der Waals surface area contributed by atoms with Gasteiger partial charge in [0.1, 0.15) is 0 Å². The molecule has 0 saturated heterocycles. The fraction of sp³-hybridized carbons (Fsp3) is 0. The molecule has 1 N–H and O–H groups in total. The topological polar surface area (TPSA) is 46.2 Å². The van der Waals surface area contributed by atoms with Crippen molar-refractivity contribution in [1.29, 1.82) is 0 Å². The molecular weight excluding hydrogens is 453 g/mol. The number of benzene rings is 2. The van der Waals surface area contributed by atoms with E-state index in [1.54, 1.807) is 18.2 Å². The molecule has 0 saturated carbocycles. The number of hydrogen-bond donors (Lipinski definition) is 1. The second-order valence-electron chi connectivity index (χ2n) is 3.81. The fourth-order valence-corrected chi connectivity index (χ4v) is 4.09. The van der Waals surface area contributed by atoms with E-state index < -0.39 is 10.0 Å². The quantitative estimate of drug-likeness (QED) is 0.675. The zero-order valence-electron chi connectivity index (χ0n) is 9.70. The van der Waals surface area contributed by atoms with Gasteiger partial charge in [0.05, 0.1) is 15.6 Å². The normalized spacial score (nSPS) is 11.4. The molecule has 8 heteroatoms. The van der Waals surface area contributed by atoms with E-state index in [-0.39, 0.29) is 4.90 Å². The highest BCUT2D eigenvalue weighted by Crippen LogP contribution is 2.30. The third-order valence-electron chi connectivity index (χ3n) is 2.38. The highest BCUT2D eigenvalue weighted by atomic mass is 79.9. The molecule has 0 aliphatic heterocycles. The molecule has 0 unspecified atom stereocenters. The van der Waals surface area contributed by atoms with Gasteiger partial charge in [-0.3, -0.25) is 4.72 Å². The van der Waals surface area contributed by atoms with Crippen molar-refractivity contribution in [2.24, 2.45) is 0 Å². The van der Waals surface area contributed by atoms with E-state index in [0.717, 1.165) is 0 Å². The smallest absolute Gasteiger partial charge is 0.261 e. The number of halogens is 4. The van der Waals surface area contributed by atoms with Crippen LogP contribution in [-0.4, -0.2) is 8.42 Å². The van der Waals surface area contributed by atoms with Crippen LogP contribution in [0.4, 0.5) is 5.69 Å². The van der Waals surface area contributed by atoms with Crippen molar-refractivity contribution in [3.63, 3.8) is 0 Å². The van der Waals surface area contributed by atoms with Crippen molar-refractivity contribution in [2.45, 2.75) is 4.90 Å². The Morgan fingerprint density at radius 2 is 1.65 bits per heavy atom. The Hall–Kier alpha value is -0.270. The molecule has 20 heavy (non-hydrogen) atoms. The van der Waals surface area contributed by atoms with Crippen LogP contribution < -0.4 is 4.72 Å². The summed E-state index contributed by atoms with van der Waals surface area (Å²) in [4.78, 5) is 0.107. The van der Waals surface area contributed by atoms with Gasteiger partial charge in [-0.1, -0.05) is 23.2 Å². The van der Waals surface area contributed by atoms with E-state index in [9.17, 15) is 8.42 Å². The molecule has 0 aliphatic carbocycles. The van der Waals surface area contributed by atoms with Crippen LogP contribution >= 0.6 is 55.1 Å². The lowest BCUT2D eigenvalue weighted by Gasteiger charge is -2.10. The van der Waals surface area contributed by atoms with E-state index in [0.29, 0.717) is 24.7 Å². The largest absolute Gasteiger partial charge is 0.278 e. The van der Waals surface area contributed by atoms with Gasteiger partial charge < -0.3 is 0 Å². The highest BCUT2D eigenvalue weighted by molar-refractivity contribution is 9.11. The van der Waals surface area contributed by atoms with Crippen LogP contribution in [0.2, 0.25) is 10.0 Å². The van der Waals surface area contributed by atoms with Crippen molar-refractivity contribution in [1.82, 2.24) is 0 Å². The molecule has 0 fully saturated rings. The summed E-state index contributed by atoms with van der Waals surface area (Å²) in [5, 5.41) is 0.950. The molecule has 2 aromatic carbocycles. The highest BCUT2D eigenvalue weighted by Gasteiger charge is 2.16. The van der Waals surface area contributed by atoms with Gasteiger partial charge in [0.15, 0.2) is 0 Å². The van der Waals surface area contributed by atoms with Crippen LogP contribution in [0, 0.1) is 0 Å². The van der Waals surface area contributed by atoms with Crippen LogP contribution in [-0.2, 0) is 10.0 Å². The summed E-state index contributed by atoms with van der Waals surface area (Å²) in [5.41, 5.74) is 0.403. The Labute approximate surface area is 143 Å². The first-order chi connectivity index (χ1) is 9.29. The molecule has 0 aliphatic rings. The SMILES string of the molecule is O=S(=O)(Nc1ccc(Cl)cc1Br)c1ccc(Cl)c(Br)c1. The Morgan fingerprint density at radius 3 is 2.25 bits per heavy atom. The van der Waals surface area contributed by atoms with E-state index in [1.807, 2.05) is 0 Å². The summed E-state index contributed by atoms with van der Waals surface area (Å²) in [5.74, 6) is 0. The molecule has 0 bridgehead atoms. The average molecular weight is 460 g/mol. The molecule has 0 amide bonds. The predicted octanol–water partition coefficient (Wildman–Crippen LogP) is 5.32. The van der Waals surface area contributed by atoms with E-state index in [4.69, 9.17) is 23.2 Å². The third kappa shape index (κ3) is 3.68. The van der Waals surface area contributed by atoms with Crippen LogP contribution in [0.3, 0.4) is 0 Å². The molecule has 3 nitrogen and oxygen atoms in total. The van der Waals surface area contributed by atoms with Gasteiger partial charge in [-0.2, -0.15) is 0 Å². The zero-order valence-corrected chi connectivity index (χ0v) is 15.2. The van der Waals surface area contributed by atoms with Crippen LogP contribution in [0.5, 0.6) is 0 Å². The summed E-state index contributed by atoms with van der Waals surface area (Å²) in [6, 6.07) is 9.17. The minimum atomic E-state index is -3.70. The Morgan fingerprint density at radius 1 is 0.950 bits per heavy atom. The van der Waals surface area contributed by atoms with Gasteiger partial charge in [0.25, 0.3) is 10.0 Å². The van der Waals surface area contributed by atoms with Gasteiger partial charge in [-0.05, 0) is 68.3 Å². The van der Waals surface area contributed by atoms with Gasteiger partial charge in [-0.25, -0.2) is 8.42 Å². The van der Waals surface area contributed by atoms with Crippen molar-refractivity contribution >= 4 is 70.8 Å². The minimum Gasteiger partial charge on any atom is -0.278 e. The second kappa shape index (κ2) is 6.23. The van der Waals surface area contributed by atoms with Gasteiger partial charge in [0.2, 0.25) is 0 Å². The van der Waals surface area contributed by atoms with Crippen molar-refractivity contribution < 1.29 is 8.42 Å². The molecule has 0 radical (unpaired) electrons. The summed E-state index contributed by atoms with van der Waals surface area (Å²) >= 11 is 18.1. The lowest BCUT2D eigenvalue weighted by Crippen LogP contribution is -2.13. The van der Waals surface area contributed by atoms with Crippen LogP contribution in [0.15, 0.2) is 50.2 Å². The maximum Gasteiger partial charge on any atom is 0.261 e. The number of hydrogen-bond acceptors (Lipinski definition) is 2. The standard InChI is InChI=1S/C12H7Br2Cl2NO2S/c13-9-6-8(2-3-11(9)16)20(18,19)17-12-4-1-7(15)5-10(12)14/h1-6,17H. The molecule has 0 spiro atoms. The fourth-order valence-electron chi connectivity index (χ4n) is 1.42. The lowest BCUT2D eigenvalue weighted by molar-refractivity contribution is 0.601. The number of rotatable bonds is 3. The molecule has 106 valence electrons. The van der Waals surface area contributed by atoms with Gasteiger partial charge >= 0.3 is 0 Å². The molecule has 2 rings (SSSR count). The van der Waals surface area contributed by atoms with Crippen molar-refractivity contribution in [3.05, 3.63) is 55.4 Å². The number of sulfonamides is 1. The third-order valence-corrected chi connectivity index (χ3v) is 5.85. The number of nitrogens with one attached hydrogen (secondary N) is 1. The van der Waals surface area contributed by atoms with Crippen LogP contribution in [0.25, 0.3) is 0 Å². The zero-order chi connectivity index (χ0) is 14.9. The summed E-state index contributed by atoms with van der Waals surface area (Å²) in [6.07, 6.45) is 0. The molecule has 2 aromatic rings. The molecule has 0 atom stereocenters. The lowest BCUT2D eigenvalue weighted by atomic mass is 10.3. The Balaban J connectivity index is 2.38. The first kappa shape index (κ1) is 16.1. The van der Waals surface area contributed by atoms with E-state index in [1.165, 1.54) is 18.2 Å². The van der Waals surface area contributed by atoms with Crippen molar-refractivity contribution in [2.75, 3.05) is 4.72 Å². The Kier molecular flexibility index (Phi) is 5.02. The summed E-state index contributed by atoms with van der Waals surface area (Å²) in [7, 11) is -3.70. The second-order valence-corrected chi connectivity index (χ2v) is 8.04. The minimum absolute atomic E-state index is 0.107. The van der Waals surface area contributed by atoms with Gasteiger partial charge in [-0.15, -0.1) is 0 Å². The van der Waals surface area contributed by atoms with E-state index >= 15 is 0 Å². The molecule has 0 aromatic heterocycles. The molecule has 0 heterocycles. The predicted molar refractivity (Wildman–Crippen MR) is 89.1 cm³/mol. The molecular formula is C12H7Br2Cl2NO2S.